The first kappa shape index (κ1) is 10.8. The van der Waals surface area contributed by atoms with Crippen molar-refractivity contribution in [2.24, 2.45) is 5.73 Å². The zero-order valence-corrected chi connectivity index (χ0v) is 8.79. The molecule has 2 nitrogen and oxygen atoms in total. The molecule has 1 aromatic rings. The Bertz CT molecular complexity index is 318. The average Bonchev–Trinajstić information content (AvgIpc) is 2.45. The molecule has 1 aromatic carbocycles. The maximum Gasteiger partial charge on any atom is 0.204 e. The number of hydrogen-bond donors (Lipinski definition) is 1. The van der Waals surface area contributed by atoms with Crippen molar-refractivity contribution in [3.05, 3.63) is 35.4 Å². The number of rotatable bonds is 0. The van der Waals surface area contributed by atoms with Gasteiger partial charge < -0.3 is 5.73 Å². The van der Waals surface area contributed by atoms with E-state index in [1.807, 2.05) is 0 Å². The van der Waals surface area contributed by atoms with Crippen molar-refractivity contribution < 1.29 is 4.79 Å². The fourth-order valence-corrected chi connectivity index (χ4v) is 1.98. The maximum absolute atomic E-state index is 8.58. The fourth-order valence-electron chi connectivity index (χ4n) is 1.98. The predicted molar refractivity (Wildman–Crippen MR) is 58.0 cm³/mol. The summed E-state index contributed by atoms with van der Waals surface area (Å²) in [4.78, 5) is 8.58. The van der Waals surface area contributed by atoms with Crippen LogP contribution in [-0.4, -0.2) is 6.41 Å². The lowest BCUT2D eigenvalue weighted by atomic mass is 9.87. The van der Waals surface area contributed by atoms with Crippen molar-refractivity contribution in [2.75, 3.05) is 0 Å². The van der Waals surface area contributed by atoms with Gasteiger partial charge in [0.1, 0.15) is 0 Å². The summed E-state index contributed by atoms with van der Waals surface area (Å²) in [6.07, 6.45) is 2.83. The van der Waals surface area contributed by atoms with E-state index in [1.165, 1.54) is 12.8 Å². The summed E-state index contributed by atoms with van der Waals surface area (Å²) >= 11 is 0. The van der Waals surface area contributed by atoms with E-state index in [2.05, 4.69) is 43.8 Å². The molecule has 0 saturated heterocycles. The molecule has 0 spiro atoms. The van der Waals surface area contributed by atoms with Crippen LogP contribution in [0.15, 0.2) is 24.3 Å². The smallest absolute Gasteiger partial charge is 0.204 e. The summed E-state index contributed by atoms with van der Waals surface area (Å²) in [6.45, 7) is 4.66. The SMILES string of the molecule is CC1(C)CCc2ccccc21.NC=O. The van der Waals surface area contributed by atoms with Gasteiger partial charge in [-0.2, -0.15) is 0 Å². The van der Waals surface area contributed by atoms with E-state index >= 15 is 0 Å². The molecule has 0 unspecified atom stereocenters. The van der Waals surface area contributed by atoms with Crippen molar-refractivity contribution in [1.82, 2.24) is 0 Å². The Morgan fingerprint density at radius 2 is 1.93 bits per heavy atom. The second-order valence-corrected chi connectivity index (χ2v) is 4.18. The van der Waals surface area contributed by atoms with Crippen LogP contribution in [0.2, 0.25) is 0 Å². The summed E-state index contributed by atoms with van der Waals surface area (Å²) in [6, 6.07) is 8.80. The second-order valence-electron chi connectivity index (χ2n) is 4.18. The van der Waals surface area contributed by atoms with Crippen LogP contribution in [0.1, 0.15) is 31.4 Å². The van der Waals surface area contributed by atoms with Crippen molar-refractivity contribution in [3.8, 4) is 0 Å². The third-order valence-corrected chi connectivity index (χ3v) is 2.77. The quantitative estimate of drug-likeness (QED) is 0.626. The highest BCUT2D eigenvalue weighted by Crippen LogP contribution is 2.37. The van der Waals surface area contributed by atoms with Crippen molar-refractivity contribution in [1.29, 1.82) is 0 Å². The van der Waals surface area contributed by atoms with Gasteiger partial charge in [0.2, 0.25) is 6.41 Å². The van der Waals surface area contributed by atoms with Gasteiger partial charge >= 0.3 is 0 Å². The largest absolute Gasteiger partial charge is 0.372 e. The zero-order chi connectivity index (χ0) is 10.6. The molecule has 2 heteroatoms. The minimum Gasteiger partial charge on any atom is -0.372 e. The van der Waals surface area contributed by atoms with Gasteiger partial charge in [0, 0.05) is 0 Å². The lowest BCUT2D eigenvalue weighted by Crippen LogP contribution is -2.11. The molecule has 0 heterocycles. The molecule has 76 valence electrons. The summed E-state index contributed by atoms with van der Waals surface area (Å²) in [7, 11) is 0. The average molecular weight is 191 g/mol. The number of aryl methyl sites for hydroxylation is 1. The Morgan fingerprint density at radius 3 is 2.50 bits per heavy atom. The van der Waals surface area contributed by atoms with Gasteiger partial charge in [0.15, 0.2) is 0 Å². The molecule has 14 heavy (non-hydrogen) atoms. The Labute approximate surface area is 85.1 Å². The van der Waals surface area contributed by atoms with E-state index in [1.54, 1.807) is 11.1 Å². The lowest BCUT2D eigenvalue weighted by Gasteiger charge is -2.18. The molecule has 0 saturated carbocycles. The lowest BCUT2D eigenvalue weighted by molar-refractivity contribution is -0.106. The van der Waals surface area contributed by atoms with Gasteiger partial charge in [-0.25, -0.2) is 0 Å². The number of benzene rings is 1. The van der Waals surface area contributed by atoms with E-state index in [9.17, 15) is 0 Å². The highest BCUT2D eigenvalue weighted by molar-refractivity contribution is 5.42. The van der Waals surface area contributed by atoms with Gasteiger partial charge in [-0.05, 0) is 29.4 Å². The standard InChI is InChI=1S/C11H14.CH3NO/c1-11(2)8-7-9-5-3-4-6-10(9)11;2-1-3/h3-6H,7-8H2,1-2H3;1H,(H2,2,3). The summed E-state index contributed by atoms with van der Waals surface area (Å²) in [5, 5.41) is 0. The van der Waals surface area contributed by atoms with Crippen molar-refractivity contribution in [3.63, 3.8) is 0 Å². The highest BCUT2D eigenvalue weighted by Gasteiger charge is 2.28. The molecular weight excluding hydrogens is 174 g/mol. The number of primary amides is 1. The third kappa shape index (κ3) is 2.13. The monoisotopic (exact) mass is 191 g/mol. The molecule has 1 amide bonds. The van der Waals surface area contributed by atoms with E-state index < -0.39 is 0 Å². The molecule has 2 N–H and O–H groups in total. The van der Waals surface area contributed by atoms with E-state index in [0.29, 0.717) is 5.41 Å². The van der Waals surface area contributed by atoms with Crippen LogP contribution in [-0.2, 0) is 16.6 Å². The fraction of sp³-hybridized carbons (Fsp3) is 0.417. The summed E-state index contributed by atoms with van der Waals surface area (Å²) < 4.78 is 0. The van der Waals surface area contributed by atoms with Crippen LogP contribution in [0.25, 0.3) is 0 Å². The van der Waals surface area contributed by atoms with E-state index in [-0.39, 0.29) is 6.41 Å². The molecule has 0 bridgehead atoms. The van der Waals surface area contributed by atoms with Crippen molar-refractivity contribution in [2.45, 2.75) is 32.1 Å². The minimum absolute atomic E-state index is 0.250. The molecule has 1 aliphatic carbocycles. The number of fused-ring (bicyclic) bond motifs is 1. The molecular formula is C12H17NO. The van der Waals surface area contributed by atoms with Crippen LogP contribution >= 0.6 is 0 Å². The molecule has 0 radical (unpaired) electrons. The van der Waals surface area contributed by atoms with Gasteiger partial charge in [-0.1, -0.05) is 38.1 Å². The Balaban J connectivity index is 0.000000293. The number of carbonyl (C=O) groups excluding carboxylic acids is 1. The van der Waals surface area contributed by atoms with E-state index in [0.717, 1.165) is 0 Å². The summed E-state index contributed by atoms with van der Waals surface area (Å²) in [5.74, 6) is 0. The first-order valence-corrected chi connectivity index (χ1v) is 4.85. The number of nitrogens with two attached hydrogens (primary N) is 1. The number of amides is 1. The highest BCUT2D eigenvalue weighted by atomic mass is 16.1. The predicted octanol–water partition coefficient (Wildman–Crippen LogP) is 2.01. The maximum atomic E-state index is 8.58. The van der Waals surface area contributed by atoms with Crippen LogP contribution in [0, 0.1) is 0 Å². The minimum atomic E-state index is 0.250. The van der Waals surface area contributed by atoms with Crippen LogP contribution in [0.5, 0.6) is 0 Å². The van der Waals surface area contributed by atoms with E-state index in [4.69, 9.17) is 4.79 Å². The molecule has 0 aromatic heterocycles. The van der Waals surface area contributed by atoms with Crippen molar-refractivity contribution >= 4 is 6.41 Å². The van der Waals surface area contributed by atoms with Crippen LogP contribution < -0.4 is 5.73 Å². The molecule has 2 rings (SSSR count). The Hall–Kier alpha value is -1.31. The van der Waals surface area contributed by atoms with Gasteiger partial charge in [-0.3, -0.25) is 4.79 Å². The Kier molecular flexibility index (Phi) is 3.28. The van der Waals surface area contributed by atoms with Gasteiger partial charge in [-0.15, -0.1) is 0 Å². The number of hydrogen-bond acceptors (Lipinski definition) is 1. The molecule has 0 aliphatic heterocycles. The second kappa shape index (κ2) is 4.27. The van der Waals surface area contributed by atoms with Gasteiger partial charge in [0.05, 0.1) is 0 Å². The zero-order valence-electron chi connectivity index (χ0n) is 8.79. The molecule has 0 fully saturated rings. The first-order chi connectivity index (χ1) is 6.61. The topological polar surface area (TPSA) is 43.1 Å². The first-order valence-electron chi connectivity index (χ1n) is 4.85. The Morgan fingerprint density at radius 1 is 1.36 bits per heavy atom. The van der Waals surface area contributed by atoms with Crippen LogP contribution in [0.3, 0.4) is 0 Å². The normalized spacial score (nSPS) is 16.4. The molecule has 1 aliphatic rings. The molecule has 0 atom stereocenters. The van der Waals surface area contributed by atoms with Crippen LogP contribution in [0.4, 0.5) is 0 Å². The third-order valence-electron chi connectivity index (χ3n) is 2.77. The summed E-state index contributed by atoms with van der Waals surface area (Å²) in [5.41, 5.74) is 7.70. The van der Waals surface area contributed by atoms with Gasteiger partial charge in [0.25, 0.3) is 0 Å². The number of carbonyl (C=O) groups is 1.